The summed E-state index contributed by atoms with van der Waals surface area (Å²) in [7, 11) is 0. The third-order valence-electron chi connectivity index (χ3n) is 2.01. The molecule has 6 nitrogen and oxygen atoms in total. The first-order valence-electron chi connectivity index (χ1n) is 5.55. The highest BCUT2D eigenvalue weighted by molar-refractivity contribution is 5.73. The summed E-state index contributed by atoms with van der Waals surface area (Å²) < 4.78 is 0. The zero-order valence-corrected chi connectivity index (χ0v) is 10.5. The van der Waals surface area contributed by atoms with Crippen LogP contribution in [-0.4, -0.2) is 34.7 Å². The highest BCUT2D eigenvalue weighted by Crippen LogP contribution is 2.01. The number of carbonyl (C=O) groups is 2. The summed E-state index contributed by atoms with van der Waals surface area (Å²) in [5.74, 6) is -1.83. The van der Waals surface area contributed by atoms with Crippen molar-refractivity contribution < 1.29 is 19.8 Å². The second-order valence-corrected chi connectivity index (χ2v) is 3.61. The minimum atomic E-state index is -0.959. The SMILES string of the molecule is C=CNCC(=O)O.N[C@@H](Cc1ccccc1)C(=O)O. The van der Waals surface area contributed by atoms with Crippen LogP contribution in [0.3, 0.4) is 0 Å². The van der Waals surface area contributed by atoms with E-state index in [0.29, 0.717) is 6.42 Å². The first-order chi connectivity index (χ1) is 8.97. The summed E-state index contributed by atoms with van der Waals surface area (Å²) in [5.41, 5.74) is 6.30. The molecule has 6 heteroatoms. The first-order valence-corrected chi connectivity index (χ1v) is 5.55. The fraction of sp³-hybridized carbons (Fsp3) is 0.231. The molecule has 0 unspecified atom stereocenters. The third kappa shape index (κ3) is 9.37. The number of aliphatic carboxylic acids is 2. The summed E-state index contributed by atoms with van der Waals surface area (Å²) in [6, 6.07) is 8.54. The van der Waals surface area contributed by atoms with E-state index in [1.807, 2.05) is 30.3 Å². The molecule has 5 N–H and O–H groups in total. The summed E-state index contributed by atoms with van der Waals surface area (Å²) in [6.45, 7) is 3.21. The zero-order chi connectivity index (χ0) is 14.7. The predicted molar refractivity (Wildman–Crippen MR) is 71.6 cm³/mol. The Balaban J connectivity index is 0.000000399. The van der Waals surface area contributed by atoms with Crippen molar-refractivity contribution in [2.45, 2.75) is 12.5 Å². The lowest BCUT2D eigenvalue weighted by Gasteiger charge is -2.04. The molecule has 0 spiro atoms. The van der Waals surface area contributed by atoms with Crippen LogP contribution in [0, 0.1) is 0 Å². The van der Waals surface area contributed by atoms with Gasteiger partial charge in [0, 0.05) is 0 Å². The van der Waals surface area contributed by atoms with Crippen LogP contribution in [-0.2, 0) is 16.0 Å². The summed E-state index contributed by atoms with van der Waals surface area (Å²) in [4.78, 5) is 20.0. The van der Waals surface area contributed by atoms with Crippen LogP contribution in [0.5, 0.6) is 0 Å². The molecule has 1 atom stereocenters. The van der Waals surface area contributed by atoms with Crippen LogP contribution in [0.1, 0.15) is 5.56 Å². The Morgan fingerprint density at radius 3 is 2.26 bits per heavy atom. The molecule has 0 aliphatic carbocycles. The van der Waals surface area contributed by atoms with Crippen molar-refractivity contribution in [3.05, 3.63) is 48.7 Å². The number of nitrogens with two attached hydrogens (primary N) is 1. The van der Waals surface area contributed by atoms with Crippen LogP contribution in [0.25, 0.3) is 0 Å². The van der Waals surface area contributed by atoms with Crippen LogP contribution in [0.2, 0.25) is 0 Å². The van der Waals surface area contributed by atoms with Gasteiger partial charge in [-0.2, -0.15) is 0 Å². The van der Waals surface area contributed by atoms with E-state index in [0.717, 1.165) is 5.56 Å². The van der Waals surface area contributed by atoms with E-state index in [1.54, 1.807) is 0 Å². The quantitative estimate of drug-likeness (QED) is 0.594. The number of hydrogen-bond acceptors (Lipinski definition) is 4. The highest BCUT2D eigenvalue weighted by Gasteiger charge is 2.10. The molecular weight excluding hydrogens is 248 g/mol. The largest absolute Gasteiger partial charge is 0.480 e. The van der Waals surface area contributed by atoms with E-state index in [2.05, 4.69) is 11.9 Å². The summed E-state index contributed by atoms with van der Waals surface area (Å²) in [6.07, 6.45) is 1.73. The lowest BCUT2D eigenvalue weighted by Crippen LogP contribution is -2.32. The number of hydrogen-bond donors (Lipinski definition) is 4. The maximum atomic E-state index is 10.4. The first kappa shape index (κ1) is 16.7. The van der Waals surface area contributed by atoms with E-state index in [-0.39, 0.29) is 6.54 Å². The maximum Gasteiger partial charge on any atom is 0.322 e. The van der Waals surface area contributed by atoms with Gasteiger partial charge in [0.25, 0.3) is 0 Å². The molecule has 1 aromatic carbocycles. The van der Waals surface area contributed by atoms with Crippen molar-refractivity contribution in [2.75, 3.05) is 6.54 Å². The van der Waals surface area contributed by atoms with Crippen LogP contribution >= 0.6 is 0 Å². The minimum absolute atomic E-state index is 0.0521. The van der Waals surface area contributed by atoms with Gasteiger partial charge in [-0.25, -0.2) is 0 Å². The molecule has 0 aromatic heterocycles. The van der Waals surface area contributed by atoms with E-state index in [4.69, 9.17) is 15.9 Å². The Kier molecular flexibility index (Phi) is 8.48. The normalized spacial score (nSPS) is 10.6. The average molecular weight is 266 g/mol. The molecule has 0 fully saturated rings. The van der Waals surface area contributed by atoms with Gasteiger partial charge in [-0.05, 0) is 18.2 Å². The van der Waals surface area contributed by atoms with Gasteiger partial charge in [0.15, 0.2) is 0 Å². The molecule has 1 rings (SSSR count). The fourth-order valence-electron chi connectivity index (χ4n) is 1.11. The second kappa shape index (κ2) is 9.67. The molecule has 0 aliphatic rings. The highest BCUT2D eigenvalue weighted by atomic mass is 16.4. The fourth-order valence-corrected chi connectivity index (χ4v) is 1.11. The van der Waals surface area contributed by atoms with Gasteiger partial charge < -0.3 is 21.3 Å². The molecular formula is C13H18N2O4. The number of rotatable bonds is 6. The topological polar surface area (TPSA) is 113 Å². The van der Waals surface area contributed by atoms with Gasteiger partial charge in [0.2, 0.25) is 0 Å². The lowest BCUT2D eigenvalue weighted by atomic mass is 10.1. The molecule has 0 aliphatic heterocycles. The molecule has 104 valence electrons. The number of benzene rings is 1. The van der Waals surface area contributed by atoms with Crippen molar-refractivity contribution >= 4 is 11.9 Å². The zero-order valence-electron chi connectivity index (χ0n) is 10.5. The van der Waals surface area contributed by atoms with E-state index < -0.39 is 18.0 Å². The summed E-state index contributed by atoms with van der Waals surface area (Å²) >= 11 is 0. The third-order valence-corrected chi connectivity index (χ3v) is 2.01. The Labute approximate surface area is 111 Å². The van der Waals surface area contributed by atoms with Crippen LogP contribution in [0.15, 0.2) is 43.1 Å². The number of carboxylic acids is 2. The molecule has 1 aromatic rings. The van der Waals surface area contributed by atoms with Crippen molar-refractivity contribution in [3.63, 3.8) is 0 Å². The van der Waals surface area contributed by atoms with Gasteiger partial charge in [-0.15, -0.1) is 0 Å². The molecule has 19 heavy (non-hydrogen) atoms. The predicted octanol–water partition coefficient (Wildman–Crippen LogP) is 0.445. The van der Waals surface area contributed by atoms with E-state index >= 15 is 0 Å². The molecule has 0 saturated heterocycles. The number of nitrogens with one attached hydrogen (secondary N) is 1. The van der Waals surface area contributed by atoms with E-state index in [1.165, 1.54) is 6.20 Å². The van der Waals surface area contributed by atoms with Gasteiger partial charge in [-0.1, -0.05) is 36.9 Å². The molecule has 0 bridgehead atoms. The Morgan fingerprint density at radius 1 is 1.32 bits per heavy atom. The van der Waals surface area contributed by atoms with Gasteiger partial charge in [0.05, 0.1) is 0 Å². The Bertz CT molecular complexity index is 406. The summed E-state index contributed by atoms with van der Waals surface area (Å²) in [5, 5.41) is 18.9. The monoisotopic (exact) mass is 266 g/mol. The Hall–Kier alpha value is -2.34. The molecule has 0 radical (unpaired) electrons. The number of carboxylic acid groups (broad SMARTS) is 2. The smallest absolute Gasteiger partial charge is 0.322 e. The van der Waals surface area contributed by atoms with Gasteiger partial charge >= 0.3 is 11.9 Å². The molecule has 0 amide bonds. The lowest BCUT2D eigenvalue weighted by molar-refractivity contribution is -0.138. The molecule has 0 saturated carbocycles. The van der Waals surface area contributed by atoms with Crippen molar-refractivity contribution in [1.82, 2.24) is 5.32 Å². The van der Waals surface area contributed by atoms with Crippen molar-refractivity contribution in [1.29, 1.82) is 0 Å². The van der Waals surface area contributed by atoms with Gasteiger partial charge in [0.1, 0.15) is 12.6 Å². The maximum absolute atomic E-state index is 10.4. The van der Waals surface area contributed by atoms with Crippen molar-refractivity contribution in [3.8, 4) is 0 Å². The van der Waals surface area contributed by atoms with Crippen LogP contribution < -0.4 is 11.1 Å². The molecule has 0 heterocycles. The second-order valence-electron chi connectivity index (χ2n) is 3.61. The minimum Gasteiger partial charge on any atom is -0.480 e. The Morgan fingerprint density at radius 2 is 1.89 bits per heavy atom. The van der Waals surface area contributed by atoms with E-state index in [9.17, 15) is 9.59 Å². The van der Waals surface area contributed by atoms with Crippen LogP contribution in [0.4, 0.5) is 0 Å². The van der Waals surface area contributed by atoms with Gasteiger partial charge in [-0.3, -0.25) is 9.59 Å². The standard InChI is InChI=1S/C9H11NO2.C4H7NO2/c10-8(9(11)12)6-7-4-2-1-3-5-7;1-2-5-3-4(6)7/h1-5,8H,6,10H2,(H,11,12);2,5H,1,3H2,(H,6,7)/t8-;/m0./s1. The average Bonchev–Trinajstić information content (AvgIpc) is 2.38. The van der Waals surface area contributed by atoms with Crippen molar-refractivity contribution in [2.24, 2.45) is 5.73 Å².